The van der Waals surface area contributed by atoms with Crippen LogP contribution in [0.25, 0.3) is 22.7 Å². The first-order valence-corrected chi connectivity index (χ1v) is 9.60. The molecule has 4 aromatic rings. The number of hydrogen-bond donors (Lipinski definition) is 1. The number of benzene rings is 1. The van der Waals surface area contributed by atoms with Crippen LogP contribution in [-0.4, -0.2) is 25.3 Å². The number of anilines is 1. The van der Waals surface area contributed by atoms with Gasteiger partial charge in [0, 0.05) is 12.3 Å². The SMILES string of the molecule is C=CCn1c(-c2ccco2)nc2c(N)nc(SCCc3ccccc3)nc21. The van der Waals surface area contributed by atoms with E-state index in [9.17, 15) is 0 Å². The topological polar surface area (TPSA) is 82.8 Å². The smallest absolute Gasteiger partial charge is 0.191 e. The second-order valence-corrected chi connectivity index (χ2v) is 7.02. The van der Waals surface area contributed by atoms with Crippen LogP contribution in [0.1, 0.15) is 5.56 Å². The molecular formula is C20H19N5OS. The van der Waals surface area contributed by atoms with Gasteiger partial charge in [-0.25, -0.2) is 15.0 Å². The molecule has 6 nitrogen and oxygen atoms in total. The summed E-state index contributed by atoms with van der Waals surface area (Å²) in [7, 11) is 0. The number of nitrogens with two attached hydrogens (primary N) is 1. The van der Waals surface area contributed by atoms with Crippen molar-refractivity contribution in [3.63, 3.8) is 0 Å². The zero-order chi connectivity index (χ0) is 18.6. The second kappa shape index (κ2) is 7.67. The first-order chi connectivity index (χ1) is 13.3. The summed E-state index contributed by atoms with van der Waals surface area (Å²) in [6.45, 7) is 4.39. The van der Waals surface area contributed by atoms with E-state index in [0.717, 1.165) is 12.2 Å². The quantitative estimate of drug-likeness (QED) is 0.295. The van der Waals surface area contributed by atoms with E-state index < -0.39 is 0 Å². The van der Waals surface area contributed by atoms with E-state index in [2.05, 4.69) is 28.7 Å². The fourth-order valence-electron chi connectivity index (χ4n) is 2.87. The van der Waals surface area contributed by atoms with Crippen LogP contribution in [-0.2, 0) is 13.0 Å². The Bertz CT molecular complexity index is 1060. The van der Waals surface area contributed by atoms with Crippen molar-refractivity contribution in [2.24, 2.45) is 0 Å². The van der Waals surface area contributed by atoms with Crippen LogP contribution in [0.2, 0.25) is 0 Å². The third-order valence-corrected chi connectivity index (χ3v) is 4.97. The monoisotopic (exact) mass is 377 g/mol. The minimum atomic E-state index is 0.373. The van der Waals surface area contributed by atoms with E-state index in [1.165, 1.54) is 5.56 Å². The van der Waals surface area contributed by atoms with Gasteiger partial charge in [0.1, 0.15) is 0 Å². The number of thioether (sulfide) groups is 1. The molecule has 3 heterocycles. The summed E-state index contributed by atoms with van der Waals surface area (Å²) in [6, 6.07) is 14.0. The van der Waals surface area contributed by atoms with Crippen molar-refractivity contribution in [2.75, 3.05) is 11.5 Å². The minimum absolute atomic E-state index is 0.373. The number of rotatable bonds is 7. The van der Waals surface area contributed by atoms with Gasteiger partial charge >= 0.3 is 0 Å². The molecule has 3 aromatic heterocycles. The molecule has 0 bridgehead atoms. The normalized spacial score (nSPS) is 11.1. The number of furan rings is 1. The average Bonchev–Trinajstić information content (AvgIpc) is 3.32. The molecule has 0 aliphatic carbocycles. The first kappa shape index (κ1) is 17.4. The van der Waals surface area contributed by atoms with Gasteiger partial charge in [0.25, 0.3) is 0 Å². The summed E-state index contributed by atoms with van der Waals surface area (Å²) in [4.78, 5) is 13.7. The molecule has 0 radical (unpaired) electrons. The highest BCUT2D eigenvalue weighted by Crippen LogP contribution is 2.28. The maximum Gasteiger partial charge on any atom is 0.191 e. The molecule has 7 heteroatoms. The van der Waals surface area contributed by atoms with Gasteiger partial charge in [0.15, 0.2) is 33.7 Å². The standard InChI is InChI=1S/C20H19N5OS/c1-2-11-25-18(15-9-6-12-26-15)22-16-17(21)23-20(24-19(16)25)27-13-10-14-7-4-3-5-8-14/h2-9,12H,1,10-11,13H2,(H2,21,23,24). The molecule has 4 rings (SSSR count). The molecule has 27 heavy (non-hydrogen) atoms. The van der Waals surface area contributed by atoms with E-state index in [-0.39, 0.29) is 0 Å². The van der Waals surface area contributed by atoms with Crippen molar-refractivity contribution < 1.29 is 4.42 Å². The summed E-state index contributed by atoms with van der Waals surface area (Å²) in [5.74, 6) is 2.57. The van der Waals surface area contributed by atoms with Gasteiger partial charge in [0.2, 0.25) is 0 Å². The Morgan fingerprint density at radius 3 is 2.70 bits per heavy atom. The Morgan fingerprint density at radius 1 is 1.11 bits per heavy atom. The van der Waals surface area contributed by atoms with E-state index in [4.69, 9.17) is 15.1 Å². The fourth-order valence-corrected chi connectivity index (χ4v) is 3.70. The van der Waals surface area contributed by atoms with Crippen LogP contribution >= 0.6 is 11.8 Å². The Hall–Kier alpha value is -3.06. The predicted octanol–water partition coefficient (Wildman–Crippen LogP) is 4.19. The highest BCUT2D eigenvalue weighted by molar-refractivity contribution is 7.99. The van der Waals surface area contributed by atoms with Crippen LogP contribution < -0.4 is 5.73 Å². The Morgan fingerprint density at radius 2 is 1.96 bits per heavy atom. The van der Waals surface area contributed by atoms with Crippen LogP contribution in [0.3, 0.4) is 0 Å². The second-order valence-electron chi connectivity index (χ2n) is 5.96. The van der Waals surface area contributed by atoms with Gasteiger partial charge in [-0.1, -0.05) is 48.2 Å². The highest BCUT2D eigenvalue weighted by Gasteiger charge is 2.18. The zero-order valence-electron chi connectivity index (χ0n) is 14.7. The molecule has 0 aliphatic heterocycles. The number of nitrogen functional groups attached to an aromatic ring is 1. The van der Waals surface area contributed by atoms with Crippen molar-refractivity contribution in [1.29, 1.82) is 0 Å². The largest absolute Gasteiger partial charge is 0.461 e. The molecule has 2 N–H and O–H groups in total. The highest BCUT2D eigenvalue weighted by atomic mass is 32.2. The lowest BCUT2D eigenvalue weighted by Crippen LogP contribution is -2.02. The van der Waals surface area contributed by atoms with Crippen molar-refractivity contribution in [3.05, 3.63) is 66.9 Å². The van der Waals surface area contributed by atoms with Gasteiger partial charge in [-0.2, -0.15) is 0 Å². The van der Waals surface area contributed by atoms with Gasteiger partial charge in [-0.05, 0) is 24.1 Å². The van der Waals surface area contributed by atoms with Crippen molar-refractivity contribution in [3.8, 4) is 11.6 Å². The summed E-state index contributed by atoms with van der Waals surface area (Å²) < 4.78 is 7.45. The Kier molecular flexibility index (Phi) is 4.93. The number of nitrogens with zero attached hydrogens (tertiary/aromatic N) is 4. The maximum absolute atomic E-state index is 6.17. The predicted molar refractivity (Wildman–Crippen MR) is 109 cm³/mol. The molecule has 0 amide bonds. The molecule has 0 atom stereocenters. The van der Waals surface area contributed by atoms with Crippen LogP contribution in [0, 0.1) is 0 Å². The number of hydrogen-bond acceptors (Lipinski definition) is 6. The molecule has 136 valence electrons. The molecule has 0 aliphatic rings. The van der Waals surface area contributed by atoms with Gasteiger partial charge < -0.3 is 14.7 Å². The summed E-state index contributed by atoms with van der Waals surface area (Å²) in [5, 5.41) is 0.645. The molecule has 0 unspecified atom stereocenters. The third kappa shape index (κ3) is 3.59. The molecule has 0 spiro atoms. The van der Waals surface area contributed by atoms with Crippen LogP contribution in [0.5, 0.6) is 0 Å². The van der Waals surface area contributed by atoms with Gasteiger partial charge in [0.05, 0.1) is 6.26 Å². The first-order valence-electron chi connectivity index (χ1n) is 8.61. The van der Waals surface area contributed by atoms with Gasteiger partial charge in [-0.15, -0.1) is 6.58 Å². The number of aryl methyl sites for hydroxylation is 1. The molecule has 0 fully saturated rings. The molecule has 0 saturated carbocycles. The van der Waals surface area contributed by atoms with Crippen LogP contribution in [0.4, 0.5) is 5.82 Å². The minimum Gasteiger partial charge on any atom is -0.461 e. The number of imidazole rings is 1. The summed E-state index contributed by atoms with van der Waals surface area (Å²) in [5.41, 5.74) is 8.73. The van der Waals surface area contributed by atoms with E-state index in [1.807, 2.05) is 34.9 Å². The summed E-state index contributed by atoms with van der Waals surface area (Å²) in [6.07, 6.45) is 4.36. The molecule has 1 aromatic carbocycles. The number of fused-ring (bicyclic) bond motifs is 1. The van der Waals surface area contributed by atoms with Crippen molar-refractivity contribution in [1.82, 2.24) is 19.5 Å². The van der Waals surface area contributed by atoms with Crippen molar-refractivity contribution >= 4 is 28.7 Å². The maximum atomic E-state index is 6.17. The number of allylic oxidation sites excluding steroid dienone is 1. The molecule has 0 saturated heterocycles. The molecular weight excluding hydrogens is 358 g/mol. The third-order valence-electron chi connectivity index (χ3n) is 4.12. The number of aromatic nitrogens is 4. The lowest BCUT2D eigenvalue weighted by molar-refractivity contribution is 0.573. The van der Waals surface area contributed by atoms with E-state index in [0.29, 0.717) is 40.3 Å². The summed E-state index contributed by atoms with van der Waals surface area (Å²) >= 11 is 1.59. The lowest BCUT2D eigenvalue weighted by Gasteiger charge is -2.06. The van der Waals surface area contributed by atoms with Crippen LogP contribution in [0.15, 0.2) is 71.0 Å². The van der Waals surface area contributed by atoms with E-state index >= 15 is 0 Å². The Labute approximate surface area is 161 Å². The zero-order valence-corrected chi connectivity index (χ0v) is 15.5. The Balaban J connectivity index is 1.65. The lowest BCUT2D eigenvalue weighted by atomic mass is 10.2. The fraction of sp³-hybridized carbons (Fsp3) is 0.150. The van der Waals surface area contributed by atoms with Gasteiger partial charge in [-0.3, -0.25) is 0 Å². The average molecular weight is 377 g/mol. The van der Waals surface area contributed by atoms with Crippen molar-refractivity contribution in [2.45, 2.75) is 18.1 Å². The van der Waals surface area contributed by atoms with E-state index in [1.54, 1.807) is 24.1 Å².